The Labute approximate surface area is 59.8 Å². The lowest BCUT2D eigenvalue weighted by Crippen LogP contribution is -2.20. The lowest BCUT2D eigenvalue weighted by atomic mass is 9.95. The van der Waals surface area contributed by atoms with E-state index in [2.05, 4.69) is 27.4 Å². The van der Waals surface area contributed by atoms with E-state index in [1.54, 1.807) is 0 Å². The number of hydrogen-bond donors (Lipinski definition) is 0. The van der Waals surface area contributed by atoms with Crippen molar-refractivity contribution in [3.8, 4) is 0 Å². The summed E-state index contributed by atoms with van der Waals surface area (Å²) in [6, 6.07) is 0. The summed E-state index contributed by atoms with van der Waals surface area (Å²) in [5.74, 6) is 0.966. The summed E-state index contributed by atoms with van der Waals surface area (Å²) >= 11 is 0. The Hall–Kier alpha value is 0.430. The van der Waals surface area contributed by atoms with Gasteiger partial charge in [-0.1, -0.05) is 20.8 Å². The maximum atomic E-state index is 2.44. The summed E-state index contributed by atoms with van der Waals surface area (Å²) in [6.07, 6.45) is 2.97. The topological polar surface area (TPSA) is 0 Å². The average molecular weight is 144 g/mol. The van der Waals surface area contributed by atoms with Crippen LogP contribution in [0, 0.1) is 5.92 Å². The Balaban J connectivity index is 2.66. The molecule has 1 fully saturated rings. The van der Waals surface area contributed by atoms with E-state index < -0.39 is 0 Å². The second-order valence-corrected chi connectivity index (χ2v) is 6.76. The smallest absolute Gasteiger partial charge is 0.0128 e. The highest BCUT2D eigenvalue weighted by molar-refractivity contribution is 7.58. The van der Waals surface area contributed by atoms with Crippen LogP contribution in [0.15, 0.2) is 0 Å². The van der Waals surface area contributed by atoms with Crippen molar-refractivity contribution in [2.45, 2.75) is 32.3 Å². The molecule has 9 heavy (non-hydrogen) atoms. The molecule has 0 nitrogen and oxygen atoms in total. The van der Waals surface area contributed by atoms with Gasteiger partial charge in [0.2, 0.25) is 0 Å². The molecule has 0 saturated carbocycles. The van der Waals surface area contributed by atoms with Crippen molar-refractivity contribution >= 4 is 7.92 Å². The molecule has 0 aliphatic carbocycles. The molecule has 0 aromatic heterocycles. The highest BCUT2D eigenvalue weighted by Crippen LogP contribution is 2.57. The van der Waals surface area contributed by atoms with Crippen LogP contribution in [0.25, 0.3) is 0 Å². The molecule has 54 valence electrons. The molecule has 1 aliphatic rings. The predicted octanol–water partition coefficient (Wildman–Crippen LogP) is 2.92. The van der Waals surface area contributed by atoms with Gasteiger partial charge in [0.1, 0.15) is 0 Å². The Kier molecular flexibility index (Phi) is 1.87. The Bertz CT molecular complexity index is 95.1. The van der Waals surface area contributed by atoms with Gasteiger partial charge in [-0.15, -0.1) is 7.92 Å². The van der Waals surface area contributed by atoms with Gasteiger partial charge in [-0.25, -0.2) is 0 Å². The normalized spacial score (nSPS) is 41.3. The fourth-order valence-electron chi connectivity index (χ4n) is 1.40. The molecule has 1 aliphatic heterocycles. The summed E-state index contributed by atoms with van der Waals surface area (Å²) in [7, 11) is 0.352. The van der Waals surface area contributed by atoms with Crippen LogP contribution in [0.4, 0.5) is 0 Å². The zero-order chi connectivity index (χ0) is 7.07. The van der Waals surface area contributed by atoms with Gasteiger partial charge >= 0.3 is 0 Å². The minimum absolute atomic E-state index is 0.352. The third kappa shape index (κ3) is 1.15. The van der Waals surface area contributed by atoms with Crippen LogP contribution in [0.1, 0.15) is 27.2 Å². The molecule has 1 heteroatoms. The van der Waals surface area contributed by atoms with Gasteiger partial charge in [0.25, 0.3) is 0 Å². The molecule has 0 aromatic carbocycles. The van der Waals surface area contributed by atoms with Gasteiger partial charge in [-0.05, 0) is 30.3 Å². The van der Waals surface area contributed by atoms with Crippen LogP contribution in [-0.4, -0.2) is 18.0 Å². The van der Waals surface area contributed by atoms with E-state index in [9.17, 15) is 0 Å². The first-order valence-corrected chi connectivity index (χ1v) is 5.74. The van der Waals surface area contributed by atoms with Crippen molar-refractivity contribution in [3.63, 3.8) is 0 Å². The molecule has 0 radical (unpaired) electrons. The summed E-state index contributed by atoms with van der Waals surface area (Å²) in [6.45, 7) is 9.69. The van der Waals surface area contributed by atoms with Crippen molar-refractivity contribution in [1.29, 1.82) is 0 Å². The zero-order valence-electron chi connectivity index (χ0n) is 6.94. The van der Waals surface area contributed by atoms with Crippen LogP contribution in [0.2, 0.25) is 0 Å². The summed E-state index contributed by atoms with van der Waals surface area (Å²) in [5.41, 5.74) is 0. The molecule has 0 amide bonds. The van der Waals surface area contributed by atoms with Crippen molar-refractivity contribution in [3.05, 3.63) is 0 Å². The van der Waals surface area contributed by atoms with Crippen LogP contribution >= 0.6 is 7.92 Å². The predicted molar refractivity (Wildman–Crippen MR) is 45.6 cm³/mol. The SMILES string of the molecule is CC1CCP(C)C1(C)C. The fraction of sp³-hybridized carbons (Fsp3) is 1.00. The van der Waals surface area contributed by atoms with Crippen molar-refractivity contribution in [2.75, 3.05) is 12.8 Å². The zero-order valence-corrected chi connectivity index (χ0v) is 7.83. The van der Waals surface area contributed by atoms with Gasteiger partial charge in [-0.3, -0.25) is 0 Å². The van der Waals surface area contributed by atoms with Gasteiger partial charge in [0, 0.05) is 0 Å². The Morgan fingerprint density at radius 3 is 2.11 bits per heavy atom. The van der Waals surface area contributed by atoms with Gasteiger partial charge in [-0.2, -0.15) is 0 Å². The molecular formula is C8H17P. The average Bonchev–Trinajstić information content (AvgIpc) is 1.96. The van der Waals surface area contributed by atoms with Crippen molar-refractivity contribution < 1.29 is 0 Å². The largest absolute Gasteiger partial charge is 0.104 e. The van der Waals surface area contributed by atoms with E-state index in [0.717, 1.165) is 5.92 Å². The molecule has 1 heterocycles. The summed E-state index contributed by atoms with van der Waals surface area (Å²) < 4.78 is 0. The number of rotatable bonds is 0. The van der Waals surface area contributed by atoms with Crippen LogP contribution in [-0.2, 0) is 0 Å². The first-order chi connectivity index (χ1) is 4.05. The van der Waals surface area contributed by atoms with E-state index in [1.165, 1.54) is 12.6 Å². The van der Waals surface area contributed by atoms with E-state index >= 15 is 0 Å². The molecule has 0 N–H and O–H groups in total. The standard InChI is InChI=1S/C8H17P/c1-7-5-6-9(4)8(7,2)3/h7H,5-6H2,1-4H3. The van der Waals surface area contributed by atoms with E-state index in [1.807, 2.05) is 0 Å². The molecule has 2 atom stereocenters. The van der Waals surface area contributed by atoms with Crippen molar-refractivity contribution in [2.24, 2.45) is 5.92 Å². The maximum absolute atomic E-state index is 2.44. The molecular weight excluding hydrogens is 127 g/mol. The van der Waals surface area contributed by atoms with E-state index in [4.69, 9.17) is 0 Å². The van der Waals surface area contributed by atoms with Gasteiger partial charge in [0.05, 0.1) is 0 Å². The first-order valence-electron chi connectivity index (χ1n) is 3.76. The summed E-state index contributed by atoms with van der Waals surface area (Å²) in [4.78, 5) is 0. The quantitative estimate of drug-likeness (QED) is 0.458. The minimum Gasteiger partial charge on any atom is -0.104 e. The highest BCUT2D eigenvalue weighted by Gasteiger charge is 2.36. The monoisotopic (exact) mass is 144 g/mol. The molecule has 1 saturated heterocycles. The molecule has 0 spiro atoms. The van der Waals surface area contributed by atoms with E-state index in [0.29, 0.717) is 13.1 Å². The number of hydrogen-bond acceptors (Lipinski definition) is 0. The molecule has 0 bridgehead atoms. The Morgan fingerprint density at radius 2 is 2.00 bits per heavy atom. The third-order valence-electron chi connectivity index (χ3n) is 3.09. The second kappa shape index (κ2) is 2.23. The fourth-order valence-corrected chi connectivity index (χ4v) is 3.64. The lowest BCUT2D eigenvalue weighted by molar-refractivity contribution is 0.473. The van der Waals surface area contributed by atoms with Crippen molar-refractivity contribution in [1.82, 2.24) is 0 Å². The van der Waals surface area contributed by atoms with Gasteiger partial charge in [0.15, 0.2) is 0 Å². The molecule has 1 rings (SSSR count). The first kappa shape index (κ1) is 7.54. The summed E-state index contributed by atoms with van der Waals surface area (Å²) in [5, 5.41) is 0.676. The highest BCUT2D eigenvalue weighted by atomic mass is 31.1. The van der Waals surface area contributed by atoms with Crippen LogP contribution in [0.5, 0.6) is 0 Å². The molecule has 0 aromatic rings. The lowest BCUT2D eigenvalue weighted by Gasteiger charge is -2.28. The van der Waals surface area contributed by atoms with Crippen LogP contribution in [0.3, 0.4) is 0 Å². The Morgan fingerprint density at radius 1 is 1.44 bits per heavy atom. The second-order valence-electron chi connectivity index (χ2n) is 3.76. The van der Waals surface area contributed by atoms with Crippen LogP contribution < -0.4 is 0 Å². The minimum atomic E-state index is 0.352. The third-order valence-corrected chi connectivity index (χ3v) is 6.42. The molecule has 2 unspecified atom stereocenters. The van der Waals surface area contributed by atoms with E-state index in [-0.39, 0.29) is 0 Å². The van der Waals surface area contributed by atoms with Gasteiger partial charge < -0.3 is 0 Å². The maximum Gasteiger partial charge on any atom is -0.0128 e.